The van der Waals surface area contributed by atoms with E-state index in [0.29, 0.717) is 11.4 Å². The minimum absolute atomic E-state index is 0.122. The molecule has 2 amide bonds. The molecule has 5 rings (SSSR count). The zero-order valence-electron chi connectivity index (χ0n) is 26.6. The molecule has 0 aliphatic heterocycles. The fraction of sp³-hybridized carbons (Fsp3) is 0.135. The molecule has 0 aliphatic rings. The summed E-state index contributed by atoms with van der Waals surface area (Å²) in [6.45, 7) is 4.11. The van der Waals surface area contributed by atoms with Crippen molar-refractivity contribution in [3.63, 3.8) is 0 Å². The van der Waals surface area contributed by atoms with Crippen LogP contribution in [0.3, 0.4) is 0 Å². The van der Waals surface area contributed by atoms with Crippen molar-refractivity contribution in [3.05, 3.63) is 150 Å². The van der Waals surface area contributed by atoms with E-state index >= 15 is 0 Å². The summed E-state index contributed by atoms with van der Waals surface area (Å²) in [5.74, 6) is -1.93. The Morgan fingerprint density at radius 1 is 0.673 bits per heavy atom. The fourth-order valence-electron chi connectivity index (χ4n) is 4.53. The molecule has 12 heteroatoms. The fourth-order valence-corrected chi connectivity index (χ4v) is 5.82. The van der Waals surface area contributed by atoms with Gasteiger partial charge in [-0.1, -0.05) is 30.3 Å². The summed E-state index contributed by atoms with van der Waals surface area (Å²) in [6.07, 6.45) is 0. The maximum atomic E-state index is 13.7. The van der Waals surface area contributed by atoms with E-state index in [4.69, 9.17) is 9.94 Å². The molecule has 8 nitrogen and oxygen atoms in total. The molecular formula is C37H34F2I2N4O4. The Balaban J connectivity index is 0.000000226. The van der Waals surface area contributed by atoms with Gasteiger partial charge in [0.15, 0.2) is 0 Å². The van der Waals surface area contributed by atoms with E-state index in [9.17, 15) is 18.4 Å². The van der Waals surface area contributed by atoms with Gasteiger partial charge >= 0.3 is 0 Å². The third-order valence-corrected chi connectivity index (χ3v) is 8.35. The number of carbonyl (C=O) groups excluding carboxylic acids is 2. The van der Waals surface area contributed by atoms with Crippen molar-refractivity contribution >= 4 is 79.7 Å². The number of aryl methyl sites for hydroxylation is 2. The molecule has 0 atom stereocenters. The molecule has 0 fully saturated rings. The second kappa shape index (κ2) is 18.6. The van der Waals surface area contributed by atoms with Crippen LogP contribution in [0.15, 0.2) is 103 Å². The Morgan fingerprint density at radius 2 is 1.16 bits per heavy atom. The van der Waals surface area contributed by atoms with Crippen molar-refractivity contribution in [1.29, 1.82) is 0 Å². The van der Waals surface area contributed by atoms with Crippen LogP contribution in [0.5, 0.6) is 0 Å². The lowest BCUT2D eigenvalue weighted by Gasteiger charge is -2.14. The zero-order chi connectivity index (χ0) is 35.3. The maximum Gasteiger partial charge on any atom is 0.277 e. The summed E-state index contributed by atoms with van der Waals surface area (Å²) < 4.78 is 29.4. The van der Waals surface area contributed by atoms with Gasteiger partial charge in [-0.25, -0.2) is 14.3 Å². The molecule has 0 heterocycles. The van der Waals surface area contributed by atoms with Crippen LogP contribution >= 0.6 is 45.2 Å². The Hall–Kier alpha value is -4.12. The standard InChI is InChI=1S/C21H18FIN2O2.C16H16FIN2O2/c1-14-11-17(23)8-10-19(14)24-20-9-7-16(22)12-18(20)21(26)25-27-13-15-5-3-2-4-6-15;1-10-8-12(18)3-5-14(10)20-15-4-2-11(17)9-13(15)16(22)19-6-7-21/h2-12,24H,13H2,1H3,(H,25,26);2-5,8-9,20-21H,6-7H2,1H3,(H,19,22). The van der Waals surface area contributed by atoms with Crippen LogP contribution in [-0.2, 0) is 11.4 Å². The Morgan fingerprint density at radius 3 is 1.65 bits per heavy atom. The van der Waals surface area contributed by atoms with Crippen molar-refractivity contribution in [1.82, 2.24) is 10.8 Å². The molecule has 0 spiro atoms. The van der Waals surface area contributed by atoms with Crippen LogP contribution in [0.4, 0.5) is 31.5 Å². The first-order chi connectivity index (χ1) is 23.5. The number of benzene rings is 5. The average molecular weight is 891 g/mol. The van der Waals surface area contributed by atoms with Gasteiger partial charge in [-0.05, 0) is 149 Å². The number of rotatable bonds is 11. The molecule has 0 radical (unpaired) electrons. The lowest BCUT2D eigenvalue weighted by atomic mass is 10.1. The first-order valence-corrected chi connectivity index (χ1v) is 17.2. The predicted octanol–water partition coefficient (Wildman–Crippen LogP) is 8.55. The molecule has 0 aliphatic carbocycles. The minimum Gasteiger partial charge on any atom is -0.395 e. The van der Waals surface area contributed by atoms with Gasteiger partial charge < -0.3 is 21.1 Å². The molecule has 254 valence electrons. The summed E-state index contributed by atoms with van der Waals surface area (Å²) >= 11 is 4.46. The number of halogens is 4. The maximum absolute atomic E-state index is 13.7. The van der Waals surface area contributed by atoms with Crippen LogP contribution in [-0.4, -0.2) is 30.1 Å². The SMILES string of the molecule is Cc1cc(I)ccc1Nc1ccc(F)cc1C(=O)NCCO.Cc1cc(I)ccc1Nc1ccc(F)cc1C(=O)NOCc1ccccc1. The van der Waals surface area contributed by atoms with E-state index in [2.05, 4.69) is 66.6 Å². The van der Waals surface area contributed by atoms with E-state index in [1.807, 2.05) is 80.6 Å². The number of carbonyl (C=O) groups is 2. The molecule has 49 heavy (non-hydrogen) atoms. The van der Waals surface area contributed by atoms with Crippen molar-refractivity contribution < 1.29 is 28.3 Å². The lowest BCUT2D eigenvalue weighted by molar-refractivity contribution is 0.0234. The van der Waals surface area contributed by atoms with Crippen molar-refractivity contribution in [3.8, 4) is 0 Å². The molecule has 5 aromatic carbocycles. The van der Waals surface area contributed by atoms with E-state index in [1.54, 1.807) is 6.07 Å². The van der Waals surface area contributed by atoms with Crippen LogP contribution in [0, 0.1) is 32.6 Å². The summed E-state index contributed by atoms with van der Waals surface area (Å²) in [5, 5.41) is 17.7. The molecular weight excluding hydrogens is 856 g/mol. The molecule has 5 N–H and O–H groups in total. The van der Waals surface area contributed by atoms with Gasteiger partial charge in [-0.2, -0.15) is 0 Å². The zero-order valence-corrected chi connectivity index (χ0v) is 30.9. The van der Waals surface area contributed by atoms with Gasteiger partial charge in [-0.15, -0.1) is 0 Å². The highest BCUT2D eigenvalue weighted by atomic mass is 127. The van der Waals surface area contributed by atoms with Gasteiger partial charge in [0.2, 0.25) is 0 Å². The van der Waals surface area contributed by atoms with E-state index in [-0.39, 0.29) is 30.9 Å². The summed E-state index contributed by atoms with van der Waals surface area (Å²) in [7, 11) is 0. The number of hydrogen-bond donors (Lipinski definition) is 5. The Kier molecular flexibility index (Phi) is 14.3. The van der Waals surface area contributed by atoms with E-state index in [0.717, 1.165) is 35.2 Å². The Bertz CT molecular complexity index is 1910. The number of aliphatic hydroxyl groups excluding tert-OH is 1. The first-order valence-electron chi connectivity index (χ1n) is 15.0. The second-order valence-electron chi connectivity index (χ2n) is 10.7. The summed E-state index contributed by atoms with van der Waals surface area (Å²) in [4.78, 5) is 29.8. The summed E-state index contributed by atoms with van der Waals surface area (Å²) in [6, 6.07) is 29.3. The van der Waals surface area contributed by atoms with Gasteiger partial charge in [0.25, 0.3) is 11.8 Å². The van der Waals surface area contributed by atoms with Crippen molar-refractivity contribution in [2.24, 2.45) is 0 Å². The van der Waals surface area contributed by atoms with E-state index in [1.165, 1.54) is 30.3 Å². The monoisotopic (exact) mass is 890 g/mol. The number of hydrogen-bond acceptors (Lipinski definition) is 6. The molecule has 0 saturated carbocycles. The number of anilines is 4. The number of aliphatic hydroxyl groups is 1. The molecule has 0 unspecified atom stereocenters. The third-order valence-electron chi connectivity index (χ3n) is 7.01. The van der Waals surface area contributed by atoms with Crippen molar-refractivity contribution in [2.45, 2.75) is 20.5 Å². The molecule has 0 aromatic heterocycles. The third kappa shape index (κ3) is 11.5. The number of hydroxylamine groups is 1. The van der Waals surface area contributed by atoms with Crippen LogP contribution < -0.4 is 21.4 Å². The van der Waals surface area contributed by atoms with Gasteiger partial charge in [0, 0.05) is 25.1 Å². The number of amides is 2. The lowest BCUT2D eigenvalue weighted by Crippen LogP contribution is -2.27. The van der Waals surface area contributed by atoms with Crippen LogP contribution in [0.1, 0.15) is 37.4 Å². The smallest absolute Gasteiger partial charge is 0.277 e. The number of nitrogens with one attached hydrogen (secondary N) is 4. The highest BCUT2D eigenvalue weighted by molar-refractivity contribution is 14.1. The molecule has 0 bridgehead atoms. The highest BCUT2D eigenvalue weighted by Gasteiger charge is 2.15. The largest absolute Gasteiger partial charge is 0.395 e. The topological polar surface area (TPSA) is 112 Å². The predicted molar refractivity (Wildman–Crippen MR) is 205 cm³/mol. The van der Waals surface area contributed by atoms with Crippen LogP contribution in [0.2, 0.25) is 0 Å². The van der Waals surface area contributed by atoms with Gasteiger partial charge in [-0.3, -0.25) is 14.4 Å². The normalized spacial score (nSPS) is 10.4. The van der Waals surface area contributed by atoms with Crippen LogP contribution in [0.25, 0.3) is 0 Å². The van der Waals surface area contributed by atoms with Gasteiger partial charge in [0.05, 0.1) is 35.7 Å². The summed E-state index contributed by atoms with van der Waals surface area (Å²) in [5.41, 5.74) is 8.43. The molecule has 5 aromatic rings. The quantitative estimate of drug-likeness (QED) is 0.0672. The van der Waals surface area contributed by atoms with E-state index < -0.39 is 23.4 Å². The van der Waals surface area contributed by atoms with Gasteiger partial charge in [0.1, 0.15) is 11.6 Å². The Labute approximate surface area is 310 Å². The molecule has 0 saturated heterocycles. The average Bonchev–Trinajstić information content (AvgIpc) is 3.08. The van der Waals surface area contributed by atoms with Crippen molar-refractivity contribution in [2.75, 3.05) is 23.8 Å². The minimum atomic E-state index is -0.518. The first kappa shape index (κ1) is 37.7. The highest BCUT2D eigenvalue weighted by Crippen LogP contribution is 2.27. The second-order valence-corrected chi connectivity index (χ2v) is 13.2.